The fourth-order valence-corrected chi connectivity index (χ4v) is 3.24. The van der Waals surface area contributed by atoms with Crippen LogP contribution in [0.3, 0.4) is 0 Å². The van der Waals surface area contributed by atoms with Crippen molar-refractivity contribution in [3.05, 3.63) is 23.8 Å². The highest BCUT2D eigenvalue weighted by molar-refractivity contribution is 5.74. The second-order valence-electron chi connectivity index (χ2n) is 6.03. The molecule has 2 aliphatic heterocycles. The summed E-state index contributed by atoms with van der Waals surface area (Å²) in [4.78, 5) is 2.59. The molecule has 1 saturated heterocycles. The summed E-state index contributed by atoms with van der Waals surface area (Å²) in [7, 11) is 0. The first-order valence-corrected chi connectivity index (χ1v) is 7.36. The summed E-state index contributed by atoms with van der Waals surface area (Å²) in [6.07, 6.45) is 3.82. The highest BCUT2D eigenvalue weighted by Crippen LogP contribution is 2.36. The molecule has 1 N–H and O–H groups in total. The van der Waals surface area contributed by atoms with Gasteiger partial charge in [-0.25, -0.2) is 0 Å². The van der Waals surface area contributed by atoms with Crippen LogP contribution in [0.1, 0.15) is 32.3 Å². The van der Waals surface area contributed by atoms with E-state index in [4.69, 9.17) is 0 Å². The topological polar surface area (TPSA) is 15.3 Å². The molecule has 2 atom stereocenters. The van der Waals surface area contributed by atoms with Crippen LogP contribution in [-0.2, 0) is 6.42 Å². The van der Waals surface area contributed by atoms with E-state index in [1.807, 2.05) is 0 Å². The van der Waals surface area contributed by atoms with Gasteiger partial charge in [0.25, 0.3) is 0 Å². The third-order valence-electron chi connectivity index (χ3n) is 4.73. The van der Waals surface area contributed by atoms with Gasteiger partial charge in [-0.1, -0.05) is 26.0 Å². The minimum absolute atomic E-state index is 0.804. The number of benzene rings is 1. The summed E-state index contributed by atoms with van der Waals surface area (Å²) in [6, 6.07) is 6.80. The molecule has 0 bridgehead atoms. The molecule has 1 aromatic carbocycles. The third-order valence-corrected chi connectivity index (χ3v) is 4.73. The lowest BCUT2D eigenvalue weighted by Gasteiger charge is -2.38. The molecule has 18 heavy (non-hydrogen) atoms. The molecule has 2 heteroatoms. The van der Waals surface area contributed by atoms with Crippen molar-refractivity contribution in [1.29, 1.82) is 0 Å². The summed E-state index contributed by atoms with van der Waals surface area (Å²) in [6.45, 7) is 8.33. The van der Waals surface area contributed by atoms with E-state index in [2.05, 4.69) is 42.3 Å². The lowest BCUT2D eigenvalue weighted by atomic mass is 9.88. The summed E-state index contributed by atoms with van der Waals surface area (Å²) < 4.78 is 0. The number of hydrogen-bond donors (Lipinski definition) is 1. The zero-order valence-corrected chi connectivity index (χ0v) is 11.6. The molecule has 1 aromatic rings. The Morgan fingerprint density at radius 1 is 1.22 bits per heavy atom. The van der Waals surface area contributed by atoms with Gasteiger partial charge >= 0.3 is 0 Å². The molecule has 0 aliphatic carbocycles. The predicted molar refractivity (Wildman–Crippen MR) is 78.4 cm³/mol. The van der Waals surface area contributed by atoms with Crippen molar-refractivity contribution in [3.8, 4) is 0 Å². The molecule has 2 heterocycles. The fourth-order valence-electron chi connectivity index (χ4n) is 3.24. The highest BCUT2D eigenvalue weighted by Gasteiger charge is 2.25. The summed E-state index contributed by atoms with van der Waals surface area (Å²) in [5.74, 6) is 1.67. The van der Waals surface area contributed by atoms with Crippen LogP contribution in [0.2, 0.25) is 0 Å². The summed E-state index contributed by atoms with van der Waals surface area (Å²) in [5, 5.41) is 3.61. The van der Waals surface area contributed by atoms with Gasteiger partial charge in [0.05, 0.1) is 11.4 Å². The Morgan fingerprint density at radius 3 is 2.94 bits per heavy atom. The van der Waals surface area contributed by atoms with Crippen LogP contribution in [0.4, 0.5) is 11.4 Å². The average molecular weight is 244 g/mol. The SMILES string of the molecule is CC1CCN(c2cccc3c2NCCC3)CC1C. The van der Waals surface area contributed by atoms with Crippen molar-refractivity contribution in [2.75, 3.05) is 29.9 Å². The van der Waals surface area contributed by atoms with Crippen molar-refractivity contribution >= 4 is 11.4 Å². The maximum absolute atomic E-state index is 3.61. The molecule has 0 amide bonds. The van der Waals surface area contributed by atoms with Crippen molar-refractivity contribution in [3.63, 3.8) is 0 Å². The molecule has 0 radical (unpaired) electrons. The zero-order chi connectivity index (χ0) is 12.5. The van der Waals surface area contributed by atoms with Gasteiger partial charge in [0.2, 0.25) is 0 Å². The number of aryl methyl sites for hydroxylation is 1. The van der Waals surface area contributed by atoms with Crippen LogP contribution in [0.5, 0.6) is 0 Å². The highest BCUT2D eigenvalue weighted by atomic mass is 15.2. The summed E-state index contributed by atoms with van der Waals surface area (Å²) in [5.41, 5.74) is 4.35. The molecule has 2 nitrogen and oxygen atoms in total. The summed E-state index contributed by atoms with van der Waals surface area (Å²) >= 11 is 0. The van der Waals surface area contributed by atoms with E-state index < -0.39 is 0 Å². The number of nitrogens with one attached hydrogen (secondary N) is 1. The molecule has 1 fully saturated rings. The molecule has 0 saturated carbocycles. The van der Waals surface area contributed by atoms with Gasteiger partial charge in [-0.3, -0.25) is 0 Å². The quantitative estimate of drug-likeness (QED) is 0.813. The first-order valence-electron chi connectivity index (χ1n) is 7.36. The van der Waals surface area contributed by atoms with E-state index in [-0.39, 0.29) is 0 Å². The van der Waals surface area contributed by atoms with Gasteiger partial charge in [0.1, 0.15) is 0 Å². The Morgan fingerprint density at radius 2 is 2.11 bits per heavy atom. The largest absolute Gasteiger partial charge is 0.383 e. The molecule has 98 valence electrons. The normalized spacial score (nSPS) is 27.6. The molecular formula is C16H24N2. The van der Waals surface area contributed by atoms with Gasteiger partial charge in [-0.2, -0.15) is 0 Å². The Labute approximate surface area is 110 Å². The minimum atomic E-state index is 0.804. The Balaban J connectivity index is 1.88. The van der Waals surface area contributed by atoms with E-state index >= 15 is 0 Å². The first-order chi connectivity index (χ1) is 8.75. The Bertz CT molecular complexity index is 427. The van der Waals surface area contributed by atoms with Gasteiger partial charge in [-0.15, -0.1) is 0 Å². The molecule has 3 rings (SSSR count). The number of hydrogen-bond acceptors (Lipinski definition) is 2. The number of fused-ring (bicyclic) bond motifs is 1. The van der Waals surface area contributed by atoms with Crippen molar-refractivity contribution in [1.82, 2.24) is 0 Å². The number of anilines is 2. The van der Waals surface area contributed by atoms with Crippen molar-refractivity contribution < 1.29 is 0 Å². The fraction of sp³-hybridized carbons (Fsp3) is 0.625. The van der Waals surface area contributed by atoms with Crippen LogP contribution in [0, 0.1) is 11.8 Å². The van der Waals surface area contributed by atoms with Gasteiger partial charge in [0, 0.05) is 19.6 Å². The van der Waals surface area contributed by atoms with Gasteiger partial charge in [-0.05, 0) is 42.7 Å². The number of rotatable bonds is 1. The predicted octanol–water partition coefficient (Wildman–Crippen LogP) is 3.53. The van der Waals surface area contributed by atoms with Crippen LogP contribution < -0.4 is 10.2 Å². The lowest BCUT2D eigenvalue weighted by molar-refractivity contribution is 0.324. The second-order valence-corrected chi connectivity index (χ2v) is 6.03. The average Bonchev–Trinajstić information content (AvgIpc) is 2.41. The molecule has 0 aromatic heterocycles. The van der Waals surface area contributed by atoms with Crippen LogP contribution in [0.15, 0.2) is 18.2 Å². The van der Waals surface area contributed by atoms with E-state index in [1.54, 1.807) is 0 Å². The Hall–Kier alpha value is -1.18. The third kappa shape index (κ3) is 2.09. The van der Waals surface area contributed by atoms with Gasteiger partial charge in [0.15, 0.2) is 0 Å². The first kappa shape index (κ1) is 11.9. The molecule has 0 spiro atoms. The molecule has 2 aliphatic rings. The second kappa shape index (κ2) is 4.83. The van der Waals surface area contributed by atoms with Crippen molar-refractivity contribution in [2.45, 2.75) is 33.1 Å². The van der Waals surface area contributed by atoms with E-state index in [0.717, 1.165) is 18.4 Å². The molecular weight excluding hydrogens is 220 g/mol. The minimum Gasteiger partial charge on any atom is -0.383 e. The van der Waals surface area contributed by atoms with Gasteiger partial charge < -0.3 is 10.2 Å². The Kier molecular flexibility index (Phi) is 3.19. The standard InChI is InChI=1S/C16H24N2/c1-12-8-10-18(11-13(12)2)15-7-3-5-14-6-4-9-17-16(14)15/h3,5,7,12-13,17H,4,6,8-11H2,1-2H3. The number of nitrogens with zero attached hydrogens (tertiary/aromatic N) is 1. The molecule has 2 unspecified atom stereocenters. The maximum atomic E-state index is 3.61. The monoisotopic (exact) mass is 244 g/mol. The van der Waals surface area contributed by atoms with E-state index in [0.29, 0.717) is 0 Å². The number of para-hydroxylation sites is 1. The van der Waals surface area contributed by atoms with E-state index in [9.17, 15) is 0 Å². The van der Waals surface area contributed by atoms with Crippen LogP contribution in [0.25, 0.3) is 0 Å². The van der Waals surface area contributed by atoms with E-state index in [1.165, 1.54) is 49.3 Å². The maximum Gasteiger partial charge on any atom is 0.0610 e. The lowest BCUT2D eigenvalue weighted by Crippen LogP contribution is -2.39. The van der Waals surface area contributed by atoms with Crippen LogP contribution >= 0.6 is 0 Å². The smallest absolute Gasteiger partial charge is 0.0610 e. The van der Waals surface area contributed by atoms with Crippen molar-refractivity contribution in [2.24, 2.45) is 11.8 Å². The zero-order valence-electron chi connectivity index (χ0n) is 11.6. The van der Waals surface area contributed by atoms with Crippen LogP contribution in [-0.4, -0.2) is 19.6 Å². The number of piperidine rings is 1.